The first-order valence-corrected chi connectivity index (χ1v) is 8.45. The molecule has 0 aliphatic heterocycles. The molecule has 0 aliphatic carbocycles. The number of halogens is 4. The Kier molecular flexibility index (Phi) is 6.47. The SMILES string of the molecule is Cc1ccc(NC(=O)C[NH2+][C@@H](C)c2cc(F)c(Cl)cc2Cl)c(Cl)c1. The lowest BCUT2D eigenvalue weighted by Crippen LogP contribution is -2.86. The molecule has 0 saturated heterocycles. The quantitative estimate of drug-likeness (QED) is 0.732. The highest BCUT2D eigenvalue weighted by molar-refractivity contribution is 6.35. The van der Waals surface area contributed by atoms with Gasteiger partial charge in [0.05, 0.1) is 20.8 Å². The Bertz CT molecular complexity index is 768. The van der Waals surface area contributed by atoms with Crippen molar-refractivity contribution in [2.75, 3.05) is 11.9 Å². The summed E-state index contributed by atoms with van der Waals surface area (Å²) in [4.78, 5) is 12.1. The number of benzene rings is 2. The molecule has 0 heterocycles. The zero-order chi connectivity index (χ0) is 17.9. The highest BCUT2D eigenvalue weighted by Gasteiger charge is 2.17. The van der Waals surface area contributed by atoms with Crippen LogP contribution in [0.3, 0.4) is 0 Å². The smallest absolute Gasteiger partial charge is 0.279 e. The maximum atomic E-state index is 13.6. The fourth-order valence-electron chi connectivity index (χ4n) is 2.22. The fourth-order valence-corrected chi connectivity index (χ4v) is 3.06. The number of carbonyl (C=O) groups excluding carboxylic acids is 1. The molecule has 2 rings (SSSR count). The molecule has 3 N–H and O–H groups in total. The Morgan fingerprint density at radius 3 is 2.54 bits per heavy atom. The number of hydrogen-bond acceptors (Lipinski definition) is 1. The zero-order valence-corrected chi connectivity index (χ0v) is 15.4. The first-order valence-electron chi connectivity index (χ1n) is 7.31. The summed E-state index contributed by atoms with van der Waals surface area (Å²) in [6.07, 6.45) is 0. The van der Waals surface area contributed by atoms with E-state index in [0.29, 0.717) is 21.3 Å². The predicted octanol–water partition coefficient (Wildman–Crippen LogP) is 4.36. The molecule has 24 heavy (non-hydrogen) atoms. The lowest BCUT2D eigenvalue weighted by Gasteiger charge is -2.14. The van der Waals surface area contributed by atoms with Gasteiger partial charge in [0.25, 0.3) is 5.91 Å². The summed E-state index contributed by atoms with van der Waals surface area (Å²) in [5.41, 5.74) is 2.15. The van der Waals surface area contributed by atoms with Gasteiger partial charge in [-0.25, -0.2) is 4.39 Å². The van der Waals surface area contributed by atoms with Gasteiger partial charge in [-0.1, -0.05) is 40.9 Å². The van der Waals surface area contributed by atoms with Gasteiger partial charge in [-0.15, -0.1) is 0 Å². The summed E-state index contributed by atoms with van der Waals surface area (Å²) in [5.74, 6) is -0.745. The number of nitrogens with two attached hydrogens (primary N) is 1. The lowest BCUT2D eigenvalue weighted by molar-refractivity contribution is -0.682. The predicted molar refractivity (Wildman–Crippen MR) is 96.4 cm³/mol. The van der Waals surface area contributed by atoms with E-state index in [9.17, 15) is 9.18 Å². The summed E-state index contributed by atoms with van der Waals surface area (Å²) in [6, 6.07) is 7.85. The largest absolute Gasteiger partial charge is 0.332 e. The molecule has 2 aromatic carbocycles. The van der Waals surface area contributed by atoms with Crippen LogP contribution in [0.4, 0.5) is 10.1 Å². The highest BCUT2D eigenvalue weighted by Crippen LogP contribution is 2.27. The minimum absolute atomic E-state index is 0.0253. The first-order chi connectivity index (χ1) is 11.3. The number of anilines is 1. The van der Waals surface area contributed by atoms with E-state index in [1.54, 1.807) is 17.4 Å². The first kappa shape index (κ1) is 19.0. The third-order valence-electron chi connectivity index (χ3n) is 3.59. The summed E-state index contributed by atoms with van der Waals surface area (Å²) < 4.78 is 13.6. The third-order valence-corrected chi connectivity index (χ3v) is 4.52. The molecule has 0 saturated carbocycles. The lowest BCUT2D eigenvalue weighted by atomic mass is 10.1. The molecule has 2 aromatic rings. The van der Waals surface area contributed by atoms with Crippen LogP contribution in [0.2, 0.25) is 15.1 Å². The van der Waals surface area contributed by atoms with Crippen molar-refractivity contribution in [1.82, 2.24) is 0 Å². The van der Waals surface area contributed by atoms with E-state index < -0.39 is 5.82 Å². The highest BCUT2D eigenvalue weighted by atomic mass is 35.5. The fraction of sp³-hybridized carbons (Fsp3) is 0.235. The van der Waals surface area contributed by atoms with Gasteiger partial charge in [0, 0.05) is 5.56 Å². The Hall–Kier alpha value is -1.33. The average Bonchev–Trinajstić information content (AvgIpc) is 2.51. The summed E-state index contributed by atoms with van der Waals surface area (Å²) in [7, 11) is 0. The van der Waals surface area contributed by atoms with Gasteiger partial charge in [0.15, 0.2) is 6.54 Å². The number of hydrogen-bond donors (Lipinski definition) is 2. The van der Waals surface area contributed by atoms with Gasteiger partial charge in [0.2, 0.25) is 0 Å². The van der Waals surface area contributed by atoms with Gasteiger partial charge in [-0.2, -0.15) is 0 Å². The molecular formula is C17H17Cl3FN2O+. The summed E-state index contributed by atoms with van der Waals surface area (Å²) in [5, 5.41) is 5.33. The maximum Gasteiger partial charge on any atom is 0.279 e. The van der Waals surface area contributed by atoms with E-state index >= 15 is 0 Å². The van der Waals surface area contributed by atoms with E-state index in [4.69, 9.17) is 34.8 Å². The Morgan fingerprint density at radius 2 is 1.88 bits per heavy atom. The van der Waals surface area contributed by atoms with Crippen molar-refractivity contribution < 1.29 is 14.5 Å². The second-order valence-corrected chi connectivity index (χ2v) is 6.77. The van der Waals surface area contributed by atoms with Crippen LogP contribution in [0.5, 0.6) is 0 Å². The van der Waals surface area contributed by atoms with Crippen molar-refractivity contribution >= 4 is 46.4 Å². The Balaban J connectivity index is 1.97. The Morgan fingerprint density at radius 1 is 1.17 bits per heavy atom. The van der Waals surface area contributed by atoms with Crippen LogP contribution in [0, 0.1) is 12.7 Å². The second-order valence-electron chi connectivity index (χ2n) is 5.55. The van der Waals surface area contributed by atoms with Gasteiger partial charge >= 0.3 is 0 Å². The molecule has 7 heteroatoms. The van der Waals surface area contributed by atoms with E-state index in [0.717, 1.165) is 5.56 Å². The summed E-state index contributed by atoms with van der Waals surface area (Å²) in [6.45, 7) is 3.90. The molecule has 128 valence electrons. The van der Waals surface area contributed by atoms with Crippen molar-refractivity contribution in [3.8, 4) is 0 Å². The topological polar surface area (TPSA) is 45.7 Å². The number of amides is 1. The molecule has 0 aromatic heterocycles. The van der Waals surface area contributed by atoms with Gasteiger partial charge < -0.3 is 10.6 Å². The number of aryl methyl sites for hydroxylation is 1. The Labute approximate surface area is 155 Å². The molecule has 0 fully saturated rings. The molecule has 0 aliphatic rings. The van der Waals surface area contributed by atoms with Gasteiger partial charge in [-0.05, 0) is 43.7 Å². The minimum Gasteiger partial charge on any atom is -0.332 e. The van der Waals surface area contributed by atoms with Crippen LogP contribution in [-0.2, 0) is 4.79 Å². The van der Waals surface area contributed by atoms with Crippen molar-refractivity contribution in [3.63, 3.8) is 0 Å². The second kappa shape index (κ2) is 8.17. The number of quaternary nitrogens is 1. The molecular weight excluding hydrogens is 374 g/mol. The average molecular weight is 391 g/mol. The number of carbonyl (C=O) groups is 1. The molecule has 3 nitrogen and oxygen atoms in total. The van der Waals surface area contributed by atoms with E-state index in [1.807, 2.05) is 19.9 Å². The minimum atomic E-state index is -0.535. The van der Waals surface area contributed by atoms with Crippen LogP contribution >= 0.6 is 34.8 Å². The molecule has 1 atom stereocenters. The molecule has 0 unspecified atom stereocenters. The van der Waals surface area contributed by atoms with Crippen LogP contribution in [-0.4, -0.2) is 12.5 Å². The van der Waals surface area contributed by atoms with E-state index in [-0.39, 0.29) is 23.5 Å². The molecule has 0 spiro atoms. The molecule has 0 bridgehead atoms. The standard InChI is InChI=1S/C17H16Cl3FN2O/c1-9-3-4-16(14(20)5-9)23-17(24)8-22-10(2)11-6-15(21)13(19)7-12(11)18/h3-7,10,22H,8H2,1-2H3,(H,23,24)/p+1/t10-/m0/s1. The van der Waals surface area contributed by atoms with Crippen molar-refractivity contribution in [1.29, 1.82) is 0 Å². The monoisotopic (exact) mass is 389 g/mol. The van der Waals surface area contributed by atoms with Crippen molar-refractivity contribution in [2.24, 2.45) is 0 Å². The van der Waals surface area contributed by atoms with E-state index in [2.05, 4.69) is 5.32 Å². The maximum absolute atomic E-state index is 13.6. The molecule has 0 radical (unpaired) electrons. The van der Waals surface area contributed by atoms with E-state index in [1.165, 1.54) is 12.1 Å². The van der Waals surface area contributed by atoms with Gasteiger partial charge in [-0.3, -0.25) is 4.79 Å². The van der Waals surface area contributed by atoms with Crippen LogP contribution in [0.1, 0.15) is 24.1 Å². The van der Waals surface area contributed by atoms with Crippen LogP contribution in [0.25, 0.3) is 0 Å². The third kappa shape index (κ3) is 4.84. The zero-order valence-electron chi connectivity index (χ0n) is 13.2. The number of rotatable bonds is 5. The normalized spacial score (nSPS) is 12.1. The molecule has 1 amide bonds. The van der Waals surface area contributed by atoms with Crippen molar-refractivity contribution in [2.45, 2.75) is 19.9 Å². The van der Waals surface area contributed by atoms with Crippen LogP contribution < -0.4 is 10.6 Å². The van der Waals surface area contributed by atoms with Crippen LogP contribution in [0.15, 0.2) is 30.3 Å². The van der Waals surface area contributed by atoms with Crippen molar-refractivity contribution in [3.05, 3.63) is 62.3 Å². The van der Waals surface area contributed by atoms with Gasteiger partial charge in [0.1, 0.15) is 11.9 Å². The number of nitrogens with one attached hydrogen (secondary N) is 1. The summed E-state index contributed by atoms with van der Waals surface area (Å²) >= 11 is 17.9.